The molecule has 1 aliphatic heterocycles. The maximum absolute atomic E-state index is 12.3. The average Bonchev–Trinajstić information content (AvgIpc) is 2.60. The summed E-state index contributed by atoms with van der Waals surface area (Å²) in [6.45, 7) is 3.37. The van der Waals surface area contributed by atoms with Crippen LogP contribution < -0.4 is 5.32 Å². The monoisotopic (exact) mass is 352 g/mol. The highest BCUT2D eigenvalue weighted by molar-refractivity contribution is 9.10. The molecule has 18 heavy (non-hydrogen) atoms. The number of hydrogen-bond donors (Lipinski definition) is 1. The smallest absolute Gasteiger partial charge is 0.255 e. The zero-order chi connectivity index (χ0) is 12.3. The minimum absolute atomic E-state index is 0. The first-order valence-corrected chi connectivity index (χ1v) is 6.80. The topological polar surface area (TPSA) is 32.3 Å². The van der Waals surface area contributed by atoms with Crippen LogP contribution in [0.2, 0.25) is 5.02 Å². The van der Waals surface area contributed by atoms with Crippen molar-refractivity contribution in [1.82, 2.24) is 10.2 Å². The van der Waals surface area contributed by atoms with Crippen LogP contribution in [0, 0.1) is 0 Å². The van der Waals surface area contributed by atoms with Gasteiger partial charge in [0.1, 0.15) is 0 Å². The Morgan fingerprint density at radius 1 is 1.33 bits per heavy atom. The van der Waals surface area contributed by atoms with Gasteiger partial charge in [0.15, 0.2) is 0 Å². The van der Waals surface area contributed by atoms with Crippen molar-refractivity contribution >= 4 is 45.8 Å². The van der Waals surface area contributed by atoms with Crippen LogP contribution >= 0.6 is 39.9 Å². The van der Waals surface area contributed by atoms with E-state index in [9.17, 15) is 4.79 Å². The standard InChI is InChI=1S/C12H14BrClN2O.ClH/c13-11-3-2-9(14)8-10(11)12(17)16-6-1-4-15-5-7-16;/h2-3,8,15H,1,4-7H2;1H. The summed E-state index contributed by atoms with van der Waals surface area (Å²) in [4.78, 5) is 14.2. The van der Waals surface area contributed by atoms with Crippen LogP contribution in [0.1, 0.15) is 16.8 Å². The van der Waals surface area contributed by atoms with Gasteiger partial charge in [0, 0.05) is 29.1 Å². The van der Waals surface area contributed by atoms with Crippen LogP contribution in [0.4, 0.5) is 0 Å². The molecule has 0 aromatic heterocycles. The van der Waals surface area contributed by atoms with Crippen molar-refractivity contribution < 1.29 is 4.79 Å². The number of carbonyl (C=O) groups excluding carboxylic acids is 1. The molecule has 1 aromatic rings. The number of rotatable bonds is 1. The van der Waals surface area contributed by atoms with E-state index in [1.54, 1.807) is 12.1 Å². The fourth-order valence-corrected chi connectivity index (χ4v) is 2.47. The van der Waals surface area contributed by atoms with Gasteiger partial charge in [0.05, 0.1) is 5.56 Å². The molecule has 0 unspecified atom stereocenters. The van der Waals surface area contributed by atoms with Gasteiger partial charge in [-0.3, -0.25) is 4.79 Å². The first kappa shape index (κ1) is 15.8. The van der Waals surface area contributed by atoms with Gasteiger partial charge in [0.25, 0.3) is 5.91 Å². The van der Waals surface area contributed by atoms with E-state index in [0.29, 0.717) is 10.6 Å². The van der Waals surface area contributed by atoms with Crippen LogP contribution in [0.15, 0.2) is 22.7 Å². The van der Waals surface area contributed by atoms with E-state index >= 15 is 0 Å². The van der Waals surface area contributed by atoms with Gasteiger partial charge >= 0.3 is 0 Å². The molecule has 0 spiro atoms. The fourth-order valence-electron chi connectivity index (χ4n) is 1.88. The van der Waals surface area contributed by atoms with Gasteiger partial charge in [-0.2, -0.15) is 0 Å². The Labute approximate surface area is 126 Å². The lowest BCUT2D eigenvalue weighted by Crippen LogP contribution is -2.34. The Bertz CT molecular complexity index is 421. The molecule has 0 radical (unpaired) electrons. The molecule has 1 N–H and O–H groups in total. The molecule has 0 atom stereocenters. The first-order chi connectivity index (χ1) is 8.18. The minimum atomic E-state index is 0. The van der Waals surface area contributed by atoms with Gasteiger partial charge in [-0.25, -0.2) is 0 Å². The van der Waals surface area contributed by atoms with Crippen LogP contribution in [0.25, 0.3) is 0 Å². The summed E-state index contributed by atoms with van der Waals surface area (Å²) in [6, 6.07) is 5.30. The predicted molar refractivity (Wildman–Crippen MR) is 79.8 cm³/mol. The molecule has 1 aliphatic rings. The molecule has 1 saturated heterocycles. The molecule has 3 nitrogen and oxygen atoms in total. The third-order valence-corrected chi connectivity index (χ3v) is 3.71. The van der Waals surface area contributed by atoms with Crippen LogP contribution in [0.5, 0.6) is 0 Å². The summed E-state index contributed by atoms with van der Waals surface area (Å²) >= 11 is 9.32. The van der Waals surface area contributed by atoms with Gasteiger partial charge in [-0.05, 0) is 47.1 Å². The summed E-state index contributed by atoms with van der Waals surface area (Å²) in [5.74, 6) is 0.0445. The lowest BCUT2D eigenvalue weighted by atomic mass is 10.2. The molecule has 0 saturated carbocycles. The van der Waals surface area contributed by atoms with E-state index in [1.165, 1.54) is 0 Å². The normalized spacial score (nSPS) is 15.8. The number of nitrogens with zero attached hydrogens (tertiary/aromatic N) is 1. The van der Waals surface area contributed by atoms with Crippen LogP contribution in [-0.4, -0.2) is 37.0 Å². The van der Waals surface area contributed by atoms with E-state index in [0.717, 1.165) is 37.1 Å². The zero-order valence-electron chi connectivity index (χ0n) is 9.79. The molecule has 1 fully saturated rings. The third kappa shape index (κ3) is 3.85. The molecular weight excluding hydrogens is 339 g/mol. The highest BCUT2D eigenvalue weighted by atomic mass is 79.9. The van der Waals surface area contributed by atoms with E-state index < -0.39 is 0 Å². The quantitative estimate of drug-likeness (QED) is 0.841. The van der Waals surface area contributed by atoms with E-state index in [-0.39, 0.29) is 18.3 Å². The number of benzene rings is 1. The summed E-state index contributed by atoms with van der Waals surface area (Å²) < 4.78 is 0.795. The van der Waals surface area contributed by atoms with Crippen LogP contribution in [0.3, 0.4) is 0 Å². The van der Waals surface area contributed by atoms with Crippen molar-refractivity contribution in [3.8, 4) is 0 Å². The highest BCUT2D eigenvalue weighted by Crippen LogP contribution is 2.22. The third-order valence-electron chi connectivity index (χ3n) is 2.79. The second kappa shape index (κ2) is 7.34. The van der Waals surface area contributed by atoms with Crippen molar-refractivity contribution in [2.45, 2.75) is 6.42 Å². The Hall–Kier alpha value is -0.290. The van der Waals surface area contributed by atoms with Crippen molar-refractivity contribution in [3.05, 3.63) is 33.3 Å². The van der Waals surface area contributed by atoms with E-state index in [1.807, 2.05) is 11.0 Å². The lowest BCUT2D eigenvalue weighted by Gasteiger charge is -2.20. The van der Waals surface area contributed by atoms with Gasteiger partial charge in [-0.15, -0.1) is 12.4 Å². The molecule has 1 aromatic carbocycles. The van der Waals surface area contributed by atoms with Crippen molar-refractivity contribution in [2.75, 3.05) is 26.2 Å². The Balaban J connectivity index is 0.00000162. The van der Waals surface area contributed by atoms with Gasteiger partial charge in [0.2, 0.25) is 0 Å². The largest absolute Gasteiger partial charge is 0.337 e. The number of nitrogens with one attached hydrogen (secondary N) is 1. The van der Waals surface area contributed by atoms with Gasteiger partial charge in [-0.1, -0.05) is 11.6 Å². The maximum atomic E-state index is 12.3. The molecule has 1 amide bonds. The second-order valence-electron chi connectivity index (χ2n) is 4.02. The Morgan fingerprint density at radius 2 is 2.11 bits per heavy atom. The summed E-state index contributed by atoms with van der Waals surface area (Å²) in [5, 5.41) is 3.87. The van der Waals surface area contributed by atoms with Crippen molar-refractivity contribution in [1.29, 1.82) is 0 Å². The minimum Gasteiger partial charge on any atom is -0.337 e. The Morgan fingerprint density at radius 3 is 2.89 bits per heavy atom. The average molecular weight is 354 g/mol. The maximum Gasteiger partial charge on any atom is 0.255 e. The van der Waals surface area contributed by atoms with E-state index in [2.05, 4.69) is 21.2 Å². The van der Waals surface area contributed by atoms with Gasteiger partial charge < -0.3 is 10.2 Å². The number of halogens is 3. The predicted octanol–water partition coefficient (Wildman–Crippen LogP) is 2.96. The van der Waals surface area contributed by atoms with Crippen LogP contribution in [-0.2, 0) is 0 Å². The molecule has 1 heterocycles. The van der Waals surface area contributed by atoms with Crippen molar-refractivity contribution in [3.63, 3.8) is 0 Å². The molecule has 0 aliphatic carbocycles. The first-order valence-electron chi connectivity index (χ1n) is 5.63. The SMILES string of the molecule is Cl.O=C(c1cc(Cl)ccc1Br)N1CCCNCC1. The van der Waals surface area contributed by atoms with E-state index in [4.69, 9.17) is 11.6 Å². The summed E-state index contributed by atoms with van der Waals surface area (Å²) in [5.41, 5.74) is 0.638. The summed E-state index contributed by atoms with van der Waals surface area (Å²) in [7, 11) is 0. The fraction of sp³-hybridized carbons (Fsp3) is 0.417. The molecular formula is C12H15BrCl2N2O. The molecule has 2 rings (SSSR count). The Kier molecular flexibility index (Phi) is 6.43. The lowest BCUT2D eigenvalue weighted by molar-refractivity contribution is 0.0765. The number of hydrogen-bond acceptors (Lipinski definition) is 2. The number of amides is 1. The van der Waals surface area contributed by atoms with Crippen molar-refractivity contribution in [2.24, 2.45) is 0 Å². The molecule has 0 bridgehead atoms. The zero-order valence-corrected chi connectivity index (χ0v) is 12.9. The highest BCUT2D eigenvalue weighted by Gasteiger charge is 2.19. The molecule has 6 heteroatoms. The molecule has 100 valence electrons. The second-order valence-corrected chi connectivity index (χ2v) is 5.31. The number of carbonyl (C=O) groups is 1. The summed E-state index contributed by atoms with van der Waals surface area (Å²) in [6.07, 6.45) is 0.990.